The third kappa shape index (κ3) is 6.65. The van der Waals surface area contributed by atoms with E-state index in [4.69, 9.17) is 33.1 Å². The molecule has 2 atom stereocenters. The standard InChI is InChI=1S/C22H24Cl2N4O2.C2HF3O2/c23-17-6-5-15(13-18(17)24)7-10-25-9-2-12-28-20(21(29)30)22-14-26-11-8-16(22)3-1-4-19(22)27-28;3-2(4,5)1(6)7/h1,3-6,8,11,13,20,25-26H,2,7,9-10,12,14H2,(H,29,30);(H,6,7). The molecule has 8 nitrogen and oxygen atoms in total. The zero-order valence-corrected chi connectivity index (χ0v) is 20.9. The summed E-state index contributed by atoms with van der Waals surface area (Å²) in [4.78, 5) is 21.1. The summed E-state index contributed by atoms with van der Waals surface area (Å²) in [5.74, 6) is -3.60. The molecule has 13 heteroatoms. The molecule has 0 amide bonds. The molecule has 1 aromatic rings. The molecule has 0 aromatic heterocycles. The first-order valence-electron chi connectivity index (χ1n) is 11.3. The summed E-state index contributed by atoms with van der Waals surface area (Å²) in [6.45, 7) is 2.70. The Bertz CT molecular complexity index is 1150. The fourth-order valence-corrected chi connectivity index (χ4v) is 4.68. The molecular weight excluding hydrogens is 536 g/mol. The van der Waals surface area contributed by atoms with E-state index in [0.29, 0.717) is 23.1 Å². The van der Waals surface area contributed by atoms with Gasteiger partial charge in [0, 0.05) is 13.1 Å². The van der Waals surface area contributed by atoms with Gasteiger partial charge in [-0.3, -0.25) is 5.01 Å². The lowest BCUT2D eigenvalue weighted by atomic mass is 9.67. The Morgan fingerprint density at radius 3 is 2.57 bits per heavy atom. The minimum absolute atomic E-state index is 0.536. The number of hydrogen-bond donors (Lipinski definition) is 4. The fourth-order valence-electron chi connectivity index (χ4n) is 4.36. The van der Waals surface area contributed by atoms with Crippen LogP contribution in [0.4, 0.5) is 13.2 Å². The van der Waals surface area contributed by atoms with Crippen LogP contribution < -0.4 is 10.6 Å². The molecule has 0 radical (unpaired) electrons. The highest BCUT2D eigenvalue weighted by Crippen LogP contribution is 2.45. The summed E-state index contributed by atoms with van der Waals surface area (Å²) in [6, 6.07) is 4.95. The summed E-state index contributed by atoms with van der Waals surface area (Å²) in [7, 11) is 0. The number of nitrogens with one attached hydrogen (secondary N) is 2. The van der Waals surface area contributed by atoms with Gasteiger partial charge in [-0.1, -0.05) is 41.4 Å². The van der Waals surface area contributed by atoms with E-state index in [1.807, 2.05) is 48.7 Å². The predicted molar refractivity (Wildman–Crippen MR) is 134 cm³/mol. The maximum absolute atomic E-state index is 12.2. The number of carbonyl (C=O) groups is 2. The van der Waals surface area contributed by atoms with Gasteiger partial charge in [-0.15, -0.1) is 0 Å². The largest absolute Gasteiger partial charge is 0.490 e. The molecule has 1 aromatic carbocycles. The van der Waals surface area contributed by atoms with E-state index in [1.165, 1.54) is 0 Å². The Kier molecular flexibility index (Phi) is 9.27. The molecule has 4 N–H and O–H groups in total. The van der Waals surface area contributed by atoms with Crippen LogP contribution in [0.15, 0.2) is 59.4 Å². The molecule has 37 heavy (non-hydrogen) atoms. The number of hydrazone groups is 1. The highest BCUT2D eigenvalue weighted by Gasteiger charge is 2.56. The fraction of sp³-hybridized carbons (Fsp3) is 0.375. The Labute approximate surface area is 221 Å². The number of rotatable bonds is 8. The van der Waals surface area contributed by atoms with Crippen LogP contribution in [0.3, 0.4) is 0 Å². The minimum Gasteiger partial charge on any atom is -0.480 e. The molecule has 1 aliphatic carbocycles. The quantitative estimate of drug-likeness (QED) is 0.357. The second kappa shape index (κ2) is 12.0. The topological polar surface area (TPSA) is 114 Å². The lowest BCUT2D eigenvalue weighted by Crippen LogP contribution is -2.55. The number of alkyl halides is 3. The molecule has 2 aliphatic heterocycles. The highest BCUT2D eigenvalue weighted by atomic mass is 35.5. The summed E-state index contributed by atoms with van der Waals surface area (Å²) < 4.78 is 31.7. The van der Waals surface area contributed by atoms with Crippen molar-refractivity contribution in [2.75, 3.05) is 26.2 Å². The number of aliphatic carboxylic acids is 2. The van der Waals surface area contributed by atoms with Gasteiger partial charge in [0.1, 0.15) is 0 Å². The van der Waals surface area contributed by atoms with E-state index in [-0.39, 0.29) is 0 Å². The Balaban J connectivity index is 0.000000479. The molecule has 0 saturated carbocycles. The second-order valence-electron chi connectivity index (χ2n) is 8.46. The lowest BCUT2D eigenvalue weighted by molar-refractivity contribution is -0.192. The third-order valence-corrected chi connectivity index (χ3v) is 6.80. The van der Waals surface area contributed by atoms with E-state index in [0.717, 1.165) is 42.8 Å². The van der Waals surface area contributed by atoms with Crippen molar-refractivity contribution in [3.8, 4) is 0 Å². The van der Waals surface area contributed by atoms with Crippen molar-refractivity contribution in [3.63, 3.8) is 0 Å². The maximum Gasteiger partial charge on any atom is 0.490 e. The van der Waals surface area contributed by atoms with Gasteiger partial charge in [0.05, 0.1) is 21.2 Å². The molecule has 4 rings (SSSR count). The van der Waals surface area contributed by atoms with Crippen molar-refractivity contribution in [1.29, 1.82) is 0 Å². The van der Waals surface area contributed by atoms with Gasteiger partial charge in [-0.2, -0.15) is 18.3 Å². The predicted octanol–water partition coefficient (Wildman–Crippen LogP) is 3.87. The molecule has 200 valence electrons. The van der Waals surface area contributed by atoms with Gasteiger partial charge in [-0.05, 0) is 67.6 Å². The smallest absolute Gasteiger partial charge is 0.480 e. The normalized spacial score (nSPS) is 21.6. The molecule has 1 spiro atoms. The number of hydrogen-bond acceptors (Lipinski definition) is 6. The molecular formula is C24H25Cl2F3N4O4. The van der Waals surface area contributed by atoms with Crippen LogP contribution in [0, 0.1) is 5.41 Å². The van der Waals surface area contributed by atoms with Gasteiger partial charge < -0.3 is 20.8 Å². The Morgan fingerprint density at radius 2 is 1.92 bits per heavy atom. The summed E-state index contributed by atoms with van der Waals surface area (Å²) in [5.41, 5.74) is 2.31. The Hall–Kier alpha value is -3.02. The van der Waals surface area contributed by atoms with Crippen LogP contribution in [-0.4, -0.2) is 71.3 Å². The first kappa shape index (κ1) is 28.5. The van der Waals surface area contributed by atoms with Gasteiger partial charge in [0.15, 0.2) is 6.04 Å². The Morgan fingerprint density at radius 1 is 1.19 bits per heavy atom. The van der Waals surface area contributed by atoms with Crippen molar-refractivity contribution in [2.45, 2.75) is 25.1 Å². The van der Waals surface area contributed by atoms with E-state index >= 15 is 0 Å². The van der Waals surface area contributed by atoms with E-state index in [9.17, 15) is 23.1 Å². The molecule has 0 saturated heterocycles. The minimum atomic E-state index is -5.08. The number of halogens is 5. The highest BCUT2D eigenvalue weighted by molar-refractivity contribution is 6.42. The van der Waals surface area contributed by atoms with E-state index in [1.54, 1.807) is 5.01 Å². The molecule has 0 fully saturated rings. The third-order valence-electron chi connectivity index (χ3n) is 6.06. The van der Waals surface area contributed by atoms with Crippen LogP contribution in [0.25, 0.3) is 0 Å². The number of carboxylic acid groups (broad SMARTS) is 2. The molecule has 3 aliphatic rings. The summed E-state index contributed by atoms with van der Waals surface area (Å²) >= 11 is 12.0. The molecule has 2 unspecified atom stereocenters. The lowest BCUT2D eigenvalue weighted by Gasteiger charge is -2.40. The number of allylic oxidation sites excluding steroid dienone is 4. The van der Waals surface area contributed by atoms with Crippen molar-refractivity contribution in [2.24, 2.45) is 10.5 Å². The van der Waals surface area contributed by atoms with E-state index in [2.05, 4.69) is 15.7 Å². The number of nitrogens with zero attached hydrogens (tertiary/aromatic N) is 2. The van der Waals surface area contributed by atoms with Crippen molar-refractivity contribution in [1.82, 2.24) is 15.6 Å². The molecule has 0 bridgehead atoms. The van der Waals surface area contributed by atoms with Crippen LogP contribution in [0.5, 0.6) is 0 Å². The summed E-state index contributed by atoms with van der Waals surface area (Å²) in [5, 5.41) is 31.3. The van der Waals surface area contributed by atoms with Crippen LogP contribution in [0.1, 0.15) is 12.0 Å². The van der Waals surface area contributed by atoms with Gasteiger partial charge in [0.2, 0.25) is 0 Å². The van der Waals surface area contributed by atoms with Crippen molar-refractivity contribution >= 4 is 40.9 Å². The molecule has 2 heterocycles. The van der Waals surface area contributed by atoms with Crippen molar-refractivity contribution in [3.05, 3.63) is 69.9 Å². The van der Waals surface area contributed by atoms with E-state index < -0.39 is 29.6 Å². The second-order valence-corrected chi connectivity index (χ2v) is 9.28. The van der Waals surface area contributed by atoms with Crippen molar-refractivity contribution < 1.29 is 33.0 Å². The zero-order chi connectivity index (χ0) is 27.2. The van der Waals surface area contributed by atoms with Crippen LogP contribution >= 0.6 is 23.2 Å². The van der Waals surface area contributed by atoms with Gasteiger partial charge in [0.25, 0.3) is 0 Å². The summed E-state index contributed by atoms with van der Waals surface area (Å²) in [6.07, 6.45) is 6.23. The number of benzene rings is 1. The number of carboxylic acids is 2. The van der Waals surface area contributed by atoms with Gasteiger partial charge in [-0.25, -0.2) is 9.59 Å². The first-order chi connectivity index (χ1) is 17.5. The average molecular weight is 561 g/mol. The zero-order valence-electron chi connectivity index (χ0n) is 19.4. The monoisotopic (exact) mass is 560 g/mol. The van der Waals surface area contributed by atoms with Crippen LogP contribution in [0.2, 0.25) is 10.0 Å². The first-order valence-corrected chi connectivity index (χ1v) is 12.0. The SMILES string of the molecule is O=C(O)C(F)(F)F.O=C(O)C1N(CCCNCCc2ccc(Cl)c(Cl)c2)N=C2C=CC=C3C=CNCC321. The average Bonchev–Trinajstić information content (AvgIpc) is 3.16. The maximum atomic E-state index is 12.2. The van der Waals surface area contributed by atoms with Crippen LogP contribution in [-0.2, 0) is 16.0 Å². The van der Waals surface area contributed by atoms with Gasteiger partial charge >= 0.3 is 18.1 Å².